The van der Waals surface area contributed by atoms with Gasteiger partial charge in [-0.15, -0.1) is 0 Å². The molecule has 0 aliphatic rings. The Morgan fingerprint density at radius 1 is 0.862 bits per heavy atom. The number of amides is 2. The van der Waals surface area contributed by atoms with Gasteiger partial charge in [-0.2, -0.15) is 0 Å². The molecule has 29 heavy (non-hydrogen) atoms. The van der Waals surface area contributed by atoms with E-state index in [0.29, 0.717) is 35.2 Å². The van der Waals surface area contributed by atoms with Crippen molar-refractivity contribution in [2.75, 3.05) is 51.6 Å². The number of likely N-dealkylation sites (N-methyl/N-ethyl adjacent to an activating group) is 1. The Hall–Kier alpha value is -3.26. The van der Waals surface area contributed by atoms with E-state index >= 15 is 0 Å². The van der Waals surface area contributed by atoms with E-state index in [0.717, 1.165) is 0 Å². The maximum absolute atomic E-state index is 12.4. The number of anilines is 2. The molecule has 0 saturated carbocycles. The van der Waals surface area contributed by atoms with Gasteiger partial charge in [-0.3, -0.25) is 14.5 Å². The molecule has 0 unspecified atom stereocenters. The van der Waals surface area contributed by atoms with Crippen LogP contribution >= 0.6 is 0 Å². The molecule has 0 fully saturated rings. The molecule has 8 heteroatoms. The number of carbonyl (C=O) groups excluding carboxylic acids is 2. The van der Waals surface area contributed by atoms with Crippen LogP contribution in [-0.2, 0) is 9.59 Å². The largest absolute Gasteiger partial charge is 0.497 e. The van der Waals surface area contributed by atoms with Crippen molar-refractivity contribution in [1.29, 1.82) is 0 Å². The Labute approximate surface area is 170 Å². The smallest absolute Gasteiger partial charge is 0.238 e. The van der Waals surface area contributed by atoms with Crippen LogP contribution in [0.1, 0.15) is 6.92 Å². The van der Waals surface area contributed by atoms with Crippen molar-refractivity contribution in [3.8, 4) is 17.2 Å². The van der Waals surface area contributed by atoms with Crippen LogP contribution in [0.3, 0.4) is 0 Å². The molecule has 0 aliphatic heterocycles. The first-order chi connectivity index (χ1) is 14.0. The fourth-order valence-electron chi connectivity index (χ4n) is 2.68. The van der Waals surface area contributed by atoms with Crippen molar-refractivity contribution in [1.82, 2.24) is 4.90 Å². The zero-order valence-corrected chi connectivity index (χ0v) is 17.2. The van der Waals surface area contributed by atoms with Gasteiger partial charge in [-0.25, -0.2) is 0 Å². The van der Waals surface area contributed by atoms with Crippen LogP contribution in [0.25, 0.3) is 0 Å². The number of nitrogens with one attached hydrogen (secondary N) is 2. The molecule has 0 radical (unpaired) electrons. The molecule has 0 heterocycles. The molecule has 2 aromatic rings. The summed E-state index contributed by atoms with van der Waals surface area (Å²) in [6.07, 6.45) is 0. The molecule has 8 nitrogen and oxygen atoms in total. The summed E-state index contributed by atoms with van der Waals surface area (Å²) in [5.74, 6) is 1.32. The molecule has 0 aliphatic carbocycles. The predicted octanol–water partition coefficient (Wildman–Crippen LogP) is 2.61. The van der Waals surface area contributed by atoms with Crippen molar-refractivity contribution in [3.63, 3.8) is 0 Å². The maximum Gasteiger partial charge on any atom is 0.238 e. The lowest BCUT2D eigenvalue weighted by molar-refractivity contribution is -0.119. The Bertz CT molecular complexity index is 841. The van der Waals surface area contributed by atoms with Gasteiger partial charge < -0.3 is 24.8 Å². The van der Waals surface area contributed by atoms with Crippen LogP contribution in [-0.4, -0.2) is 57.7 Å². The lowest BCUT2D eigenvalue weighted by Gasteiger charge is -2.20. The van der Waals surface area contributed by atoms with Gasteiger partial charge >= 0.3 is 0 Å². The summed E-state index contributed by atoms with van der Waals surface area (Å²) in [5, 5.41) is 5.62. The predicted molar refractivity (Wildman–Crippen MR) is 112 cm³/mol. The standard InChI is InChI=1S/C21H27N3O5/c1-5-24(13-20(25)22-15-7-6-8-16(11-15)27-2)14-21(26)23-18-10-9-17(28-3)12-19(18)29-4/h6-12H,5,13-14H2,1-4H3,(H,22,25)(H,23,26). The third-order valence-corrected chi connectivity index (χ3v) is 4.22. The van der Waals surface area contributed by atoms with E-state index in [1.807, 2.05) is 6.92 Å². The Balaban J connectivity index is 1.93. The molecular formula is C21H27N3O5. The fourth-order valence-corrected chi connectivity index (χ4v) is 2.68. The topological polar surface area (TPSA) is 89.1 Å². The third kappa shape index (κ3) is 6.69. The van der Waals surface area contributed by atoms with Crippen LogP contribution in [0, 0.1) is 0 Å². The molecule has 2 N–H and O–H groups in total. The maximum atomic E-state index is 12.4. The Kier molecular flexibility index (Phi) is 8.29. The van der Waals surface area contributed by atoms with Crippen LogP contribution < -0.4 is 24.8 Å². The Morgan fingerprint density at radius 2 is 1.52 bits per heavy atom. The minimum atomic E-state index is -0.246. The minimum absolute atomic E-state index is 0.0667. The van der Waals surface area contributed by atoms with Crippen LogP contribution in [0.4, 0.5) is 11.4 Å². The zero-order chi connectivity index (χ0) is 21.2. The number of methoxy groups -OCH3 is 3. The van der Waals surface area contributed by atoms with Gasteiger partial charge in [0.25, 0.3) is 0 Å². The monoisotopic (exact) mass is 401 g/mol. The summed E-state index contributed by atoms with van der Waals surface area (Å²) in [6.45, 7) is 2.58. The average Bonchev–Trinajstić information content (AvgIpc) is 2.73. The van der Waals surface area contributed by atoms with E-state index in [-0.39, 0.29) is 24.9 Å². The van der Waals surface area contributed by atoms with Gasteiger partial charge in [-0.1, -0.05) is 13.0 Å². The molecule has 2 rings (SSSR count). The summed E-state index contributed by atoms with van der Waals surface area (Å²) in [6, 6.07) is 12.2. The van der Waals surface area contributed by atoms with Gasteiger partial charge in [0.2, 0.25) is 11.8 Å². The second kappa shape index (κ2) is 10.9. The minimum Gasteiger partial charge on any atom is -0.497 e. The van der Waals surface area contributed by atoms with Crippen LogP contribution in [0.2, 0.25) is 0 Å². The second-order valence-corrected chi connectivity index (χ2v) is 6.20. The molecule has 0 saturated heterocycles. The highest BCUT2D eigenvalue weighted by atomic mass is 16.5. The SMILES string of the molecule is CCN(CC(=O)Nc1cccc(OC)c1)CC(=O)Nc1ccc(OC)cc1OC. The molecule has 156 valence electrons. The molecule has 0 atom stereocenters. The van der Waals surface area contributed by atoms with E-state index < -0.39 is 0 Å². The van der Waals surface area contributed by atoms with Gasteiger partial charge in [0.15, 0.2) is 0 Å². The van der Waals surface area contributed by atoms with Crippen molar-refractivity contribution in [3.05, 3.63) is 42.5 Å². The Morgan fingerprint density at radius 3 is 2.14 bits per heavy atom. The highest BCUT2D eigenvalue weighted by Gasteiger charge is 2.15. The lowest BCUT2D eigenvalue weighted by atomic mass is 10.2. The van der Waals surface area contributed by atoms with Crippen LogP contribution in [0.15, 0.2) is 42.5 Å². The van der Waals surface area contributed by atoms with Gasteiger partial charge in [0.05, 0.1) is 40.1 Å². The average molecular weight is 401 g/mol. The summed E-state index contributed by atoms with van der Waals surface area (Å²) in [4.78, 5) is 26.5. The highest BCUT2D eigenvalue weighted by molar-refractivity contribution is 5.95. The molecule has 0 bridgehead atoms. The molecule has 0 aromatic heterocycles. The van der Waals surface area contributed by atoms with Crippen molar-refractivity contribution in [2.45, 2.75) is 6.92 Å². The first-order valence-corrected chi connectivity index (χ1v) is 9.17. The quantitative estimate of drug-likeness (QED) is 0.636. The summed E-state index contributed by atoms with van der Waals surface area (Å²) < 4.78 is 15.6. The highest BCUT2D eigenvalue weighted by Crippen LogP contribution is 2.28. The van der Waals surface area contributed by atoms with Gasteiger partial charge in [-0.05, 0) is 30.8 Å². The molecular weight excluding hydrogens is 374 g/mol. The van der Waals surface area contributed by atoms with Gasteiger partial charge in [0, 0.05) is 17.8 Å². The first kappa shape index (κ1) is 22.0. The number of rotatable bonds is 10. The van der Waals surface area contributed by atoms with Crippen molar-refractivity contribution < 1.29 is 23.8 Å². The van der Waals surface area contributed by atoms with E-state index in [2.05, 4.69) is 10.6 Å². The number of hydrogen-bond donors (Lipinski definition) is 2. The van der Waals surface area contributed by atoms with Crippen molar-refractivity contribution >= 4 is 23.2 Å². The first-order valence-electron chi connectivity index (χ1n) is 9.17. The summed E-state index contributed by atoms with van der Waals surface area (Å²) in [7, 11) is 4.64. The number of ether oxygens (including phenoxy) is 3. The van der Waals surface area contributed by atoms with E-state index in [1.165, 1.54) is 7.11 Å². The number of nitrogens with zero attached hydrogens (tertiary/aromatic N) is 1. The summed E-state index contributed by atoms with van der Waals surface area (Å²) >= 11 is 0. The van der Waals surface area contributed by atoms with Crippen molar-refractivity contribution in [2.24, 2.45) is 0 Å². The van der Waals surface area contributed by atoms with E-state index in [1.54, 1.807) is 61.6 Å². The molecule has 2 aromatic carbocycles. The summed E-state index contributed by atoms with van der Waals surface area (Å²) in [5.41, 5.74) is 1.17. The van der Waals surface area contributed by atoms with E-state index in [9.17, 15) is 9.59 Å². The number of hydrogen-bond acceptors (Lipinski definition) is 6. The van der Waals surface area contributed by atoms with E-state index in [4.69, 9.17) is 14.2 Å². The van der Waals surface area contributed by atoms with Crippen LogP contribution in [0.5, 0.6) is 17.2 Å². The zero-order valence-electron chi connectivity index (χ0n) is 17.2. The molecule has 0 spiro atoms. The molecule has 2 amide bonds. The second-order valence-electron chi connectivity index (χ2n) is 6.20. The van der Waals surface area contributed by atoms with Gasteiger partial charge in [0.1, 0.15) is 17.2 Å². The number of benzene rings is 2. The number of carbonyl (C=O) groups is 2. The third-order valence-electron chi connectivity index (χ3n) is 4.22. The fraction of sp³-hybridized carbons (Fsp3) is 0.333. The lowest BCUT2D eigenvalue weighted by Crippen LogP contribution is -2.38. The normalized spacial score (nSPS) is 10.4.